The lowest BCUT2D eigenvalue weighted by Crippen LogP contribution is -2.29. The molecule has 3 aromatic rings. The Labute approximate surface area is 157 Å². The van der Waals surface area contributed by atoms with E-state index in [0.29, 0.717) is 10.9 Å². The van der Waals surface area contributed by atoms with Crippen LogP contribution in [0.3, 0.4) is 0 Å². The van der Waals surface area contributed by atoms with E-state index < -0.39 is 0 Å². The molecule has 136 valence electrons. The summed E-state index contributed by atoms with van der Waals surface area (Å²) in [6.07, 6.45) is 2.20. The molecule has 0 aliphatic heterocycles. The quantitative estimate of drug-likeness (QED) is 0.699. The fraction of sp³-hybridized carbons (Fsp3) is 0.368. The molecule has 7 heteroatoms. The van der Waals surface area contributed by atoms with Crippen LogP contribution in [0.25, 0.3) is 5.78 Å². The smallest absolute Gasteiger partial charge is 0.253 e. The molecule has 2 aromatic heterocycles. The number of nitrogens with zero attached hydrogens (tertiary/aromatic N) is 4. The summed E-state index contributed by atoms with van der Waals surface area (Å²) in [5.41, 5.74) is 4.91. The van der Waals surface area contributed by atoms with Crippen molar-refractivity contribution in [3.63, 3.8) is 0 Å². The van der Waals surface area contributed by atoms with E-state index in [9.17, 15) is 4.79 Å². The van der Waals surface area contributed by atoms with Crippen molar-refractivity contribution in [3.8, 4) is 0 Å². The van der Waals surface area contributed by atoms with Crippen LogP contribution >= 0.6 is 11.8 Å². The van der Waals surface area contributed by atoms with Crippen molar-refractivity contribution in [1.29, 1.82) is 0 Å². The molecule has 1 unspecified atom stereocenters. The van der Waals surface area contributed by atoms with E-state index in [-0.39, 0.29) is 18.4 Å². The summed E-state index contributed by atoms with van der Waals surface area (Å²) >= 11 is 1.47. The lowest BCUT2D eigenvalue weighted by molar-refractivity contribution is -0.121. The number of amides is 1. The summed E-state index contributed by atoms with van der Waals surface area (Å²) in [6.45, 7) is 7.92. The number of rotatable bonds is 5. The van der Waals surface area contributed by atoms with Gasteiger partial charge in [0.25, 0.3) is 5.78 Å². The predicted molar refractivity (Wildman–Crippen MR) is 103 cm³/mol. The zero-order chi connectivity index (χ0) is 18.8. The average molecular weight is 369 g/mol. The van der Waals surface area contributed by atoms with Crippen molar-refractivity contribution in [2.75, 3.05) is 6.26 Å². The van der Waals surface area contributed by atoms with E-state index in [1.165, 1.54) is 17.3 Å². The van der Waals surface area contributed by atoms with Crippen molar-refractivity contribution in [2.24, 2.45) is 0 Å². The molecule has 1 aromatic carbocycles. The van der Waals surface area contributed by atoms with Crippen molar-refractivity contribution in [3.05, 3.63) is 52.3 Å². The van der Waals surface area contributed by atoms with Gasteiger partial charge in [0.1, 0.15) is 0 Å². The Hall–Kier alpha value is -2.41. The molecule has 0 spiro atoms. The number of fused-ring (bicyclic) bond motifs is 1. The van der Waals surface area contributed by atoms with Gasteiger partial charge in [-0.2, -0.15) is 4.98 Å². The third-order valence-corrected chi connectivity index (χ3v) is 5.12. The summed E-state index contributed by atoms with van der Waals surface area (Å²) in [5, 5.41) is 8.20. The Kier molecular flexibility index (Phi) is 5.27. The van der Waals surface area contributed by atoms with Gasteiger partial charge in [0.05, 0.1) is 12.5 Å². The molecule has 2 heterocycles. The molecule has 0 bridgehead atoms. The van der Waals surface area contributed by atoms with Gasteiger partial charge in [-0.3, -0.25) is 4.79 Å². The van der Waals surface area contributed by atoms with Gasteiger partial charge in [-0.15, -0.1) is 5.10 Å². The van der Waals surface area contributed by atoms with E-state index >= 15 is 0 Å². The number of hydrogen-bond donors (Lipinski definition) is 1. The first-order valence-corrected chi connectivity index (χ1v) is 9.75. The monoisotopic (exact) mass is 369 g/mol. The Balaban J connectivity index is 1.82. The molecule has 0 aliphatic rings. The number of thioether (sulfide) groups is 1. The molecule has 1 atom stereocenters. The minimum Gasteiger partial charge on any atom is -0.349 e. The molecule has 0 aliphatic carbocycles. The van der Waals surface area contributed by atoms with Gasteiger partial charge < -0.3 is 5.32 Å². The molecule has 0 radical (unpaired) electrons. The topological polar surface area (TPSA) is 72.2 Å². The zero-order valence-corrected chi connectivity index (χ0v) is 16.5. The fourth-order valence-electron chi connectivity index (χ4n) is 3.14. The van der Waals surface area contributed by atoms with Crippen LogP contribution in [0.2, 0.25) is 0 Å². The number of hydrogen-bond acceptors (Lipinski definition) is 5. The largest absolute Gasteiger partial charge is 0.349 e. The molecule has 6 nitrogen and oxygen atoms in total. The molecule has 0 fully saturated rings. The molecular weight excluding hydrogens is 346 g/mol. The van der Waals surface area contributed by atoms with Crippen LogP contribution in [-0.2, 0) is 11.2 Å². The molecular formula is C19H23N5OS. The Morgan fingerprint density at radius 2 is 1.96 bits per heavy atom. The van der Waals surface area contributed by atoms with E-state index in [0.717, 1.165) is 22.5 Å². The van der Waals surface area contributed by atoms with Gasteiger partial charge in [0, 0.05) is 17.0 Å². The van der Waals surface area contributed by atoms with Gasteiger partial charge in [0.15, 0.2) is 0 Å². The first-order valence-electron chi connectivity index (χ1n) is 8.52. The summed E-state index contributed by atoms with van der Waals surface area (Å²) in [5.74, 6) is 0.542. The fourth-order valence-corrected chi connectivity index (χ4v) is 3.47. The molecule has 0 saturated carbocycles. The number of benzene rings is 1. The molecule has 26 heavy (non-hydrogen) atoms. The van der Waals surface area contributed by atoms with Crippen molar-refractivity contribution >= 4 is 23.4 Å². The summed E-state index contributed by atoms with van der Waals surface area (Å²) in [7, 11) is 0. The second kappa shape index (κ2) is 7.45. The maximum atomic E-state index is 12.6. The maximum Gasteiger partial charge on any atom is 0.253 e. The molecule has 1 amide bonds. The van der Waals surface area contributed by atoms with Gasteiger partial charge in [-0.1, -0.05) is 36.0 Å². The highest BCUT2D eigenvalue weighted by Crippen LogP contribution is 2.19. The number of carbonyl (C=O) groups excluding carboxylic acids is 1. The molecule has 0 saturated heterocycles. The Morgan fingerprint density at radius 1 is 1.23 bits per heavy atom. The maximum absolute atomic E-state index is 12.6. The summed E-state index contributed by atoms with van der Waals surface area (Å²) in [6, 6.07) is 8.05. The number of aromatic nitrogens is 4. The minimum absolute atomic E-state index is 0.0293. The van der Waals surface area contributed by atoms with Crippen LogP contribution in [0.5, 0.6) is 0 Å². The van der Waals surface area contributed by atoms with Crippen LogP contribution < -0.4 is 5.32 Å². The SMILES string of the molecule is CSc1nc2nc(C)c(CC(=O)NC(C)c3ccccc3C)c(C)n2n1. The lowest BCUT2D eigenvalue weighted by atomic mass is 10.0. The zero-order valence-electron chi connectivity index (χ0n) is 15.7. The minimum atomic E-state index is -0.0459. The first kappa shape index (κ1) is 18.4. The van der Waals surface area contributed by atoms with Crippen LogP contribution in [0.1, 0.15) is 41.0 Å². The third kappa shape index (κ3) is 3.58. The van der Waals surface area contributed by atoms with Crippen molar-refractivity contribution < 1.29 is 4.79 Å². The Bertz CT molecular complexity index is 966. The van der Waals surface area contributed by atoms with Crippen molar-refractivity contribution in [2.45, 2.75) is 45.3 Å². The van der Waals surface area contributed by atoms with E-state index in [4.69, 9.17) is 0 Å². The normalized spacial score (nSPS) is 12.3. The number of nitrogens with one attached hydrogen (secondary N) is 1. The third-order valence-electron chi connectivity index (χ3n) is 4.58. The average Bonchev–Trinajstić information content (AvgIpc) is 3.02. The standard InChI is InChI=1S/C19H23N5OS/c1-11-8-6-7-9-15(11)12(2)20-17(25)10-16-13(3)21-18-22-19(26-5)23-24(18)14(16)4/h6-9,12H,10H2,1-5H3,(H,20,25). The van der Waals surface area contributed by atoms with Crippen LogP contribution in [0.15, 0.2) is 29.4 Å². The number of carbonyl (C=O) groups is 1. The predicted octanol–water partition coefficient (Wildman–Crippen LogP) is 3.19. The molecule has 3 rings (SSSR count). The first-order chi connectivity index (χ1) is 12.4. The van der Waals surface area contributed by atoms with E-state index in [1.807, 2.05) is 45.2 Å². The Morgan fingerprint density at radius 3 is 2.65 bits per heavy atom. The van der Waals surface area contributed by atoms with Crippen molar-refractivity contribution in [1.82, 2.24) is 24.9 Å². The van der Waals surface area contributed by atoms with Gasteiger partial charge >= 0.3 is 0 Å². The van der Waals surface area contributed by atoms with Crippen LogP contribution in [0.4, 0.5) is 0 Å². The highest BCUT2D eigenvalue weighted by Gasteiger charge is 2.17. The van der Waals surface area contributed by atoms with Gasteiger partial charge in [-0.05, 0) is 45.1 Å². The number of aryl methyl sites for hydroxylation is 3. The van der Waals surface area contributed by atoms with E-state index in [1.54, 1.807) is 4.52 Å². The van der Waals surface area contributed by atoms with Crippen LogP contribution in [0, 0.1) is 20.8 Å². The highest BCUT2D eigenvalue weighted by atomic mass is 32.2. The summed E-state index contributed by atoms with van der Waals surface area (Å²) < 4.78 is 1.71. The lowest BCUT2D eigenvalue weighted by Gasteiger charge is -2.17. The summed E-state index contributed by atoms with van der Waals surface area (Å²) in [4.78, 5) is 21.5. The second-order valence-electron chi connectivity index (χ2n) is 6.39. The van der Waals surface area contributed by atoms with Gasteiger partial charge in [-0.25, -0.2) is 9.50 Å². The second-order valence-corrected chi connectivity index (χ2v) is 7.17. The van der Waals surface area contributed by atoms with Gasteiger partial charge in [0.2, 0.25) is 11.1 Å². The molecule has 1 N–H and O–H groups in total. The van der Waals surface area contributed by atoms with E-state index in [2.05, 4.69) is 33.4 Å². The highest BCUT2D eigenvalue weighted by molar-refractivity contribution is 7.98. The van der Waals surface area contributed by atoms with Crippen LogP contribution in [-0.4, -0.2) is 31.7 Å².